The van der Waals surface area contributed by atoms with Crippen molar-refractivity contribution in [3.8, 4) is 0 Å². The summed E-state index contributed by atoms with van der Waals surface area (Å²) >= 11 is 0. The Morgan fingerprint density at radius 1 is 1.21 bits per heavy atom. The smallest absolute Gasteiger partial charge is 0.0420 e. The fraction of sp³-hybridized carbons (Fsp3) is 0.389. The molecule has 0 aliphatic rings. The van der Waals surface area contributed by atoms with Crippen LogP contribution in [0, 0.1) is 5.92 Å². The summed E-state index contributed by atoms with van der Waals surface area (Å²) in [7, 11) is 1.87. The Kier molecular flexibility index (Phi) is 6.88. The fourth-order valence-electron chi connectivity index (χ4n) is 1.90. The van der Waals surface area contributed by atoms with Gasteiger partial charge in [0.2, 0.25) is 0 Å². The van der Waals surface area contributed by atoms with E-state index in [2.05, 4.69) is 61.8 Å². The van der Waals surface area contributed by atoms with Crippen molar-refractivity contribution in [1.82, 2.24) is 0 Å². The highest BCUT2D eigenvalue weighted by molar-refractivity contribution is 6.00. The maximum atomic E-state index is 4.40. The zero-order valence-electron chi connectivity index (χ0n) is 12.4. The molecular formula is C18H25N. The van der Waals surface area contributed by atoms with Gasteiger partial charge < -0.3 is 0 Å². The largest absolute Gasteiger partial charge is 0.292 e. The Bertz CT molecular complexity index is 435. The Morgan fingerprint density at radius 3 is 2.42 bits per heavy atom. The normalized spacial score (nSPS) is 12.3. The zero-order chi connectivity index (χ0) is 14.1. The summed E-state index contributed by atoms with van der Waals surface area (Å²) in [5.41, 5.74) is 3.53. The molecule has 0 heterocycles. The summed E-state index contributed by atoms with van der Waals surface area (Å²) in [6.07, 6.45) is 9.62. The lowest BCUT2D eigenvalue weighted by atomic mass is 10.0. The second-order valence-electron chi connectivity index (χ2n) is 5.14. The first kappa shape index (κ1) is 15.4. The molecule has 0 N–H and O–H groups in total. The molecule has 0 unspecified atom stereocenters. The monoisotopic (exact) mass is 255 g/mol. The second kappa shape index (κ2) is 8.47. The average Bonchev–Trinajstić information content (AvgIpc) is 2.43. The number of nitrogens with zero attached hydrogens (tertiary/aromatic N) is 1. The van der Waals surface area contributed by atoms with Crippen LogP contribution in [0.2, 0.25) is 0 Å². The number of benzene rings is 1. The molecule has 0 bridgehead atoms. The van der Waals surface area contributed by atoms with Crippen molar-refractivity contribution in [2.45, 2.75) is 33.1 Å². The van der Waals surface area contributed by atoms with Crippen LogP contribution in [0.5, 0.6) is 0 Å². The highest BCUT2D eigenvalue weighted by Gasteiger charge is 2.01. The SMILES string of the molecule is C=Cc1ccc(/C(CC/C=C/CC(C)C)=N/C)cc1. The van der Waals surface area contributed by atoms with E-state index >= 15 is 0 Å². The molecule has 102 valence electrons. The molecule has 0 saturated carbocycles. The maximum Gasteiger partial charge on any atom is 0.0420 e. The van der Waals surface area contributed by atoms with Crippen molar-refractivity contribution < 1.29 is 0 Å². The first-order valence-electron chi connectivity index (χ1n) is 7.01. The number of allylic oxidation sites excluding steroid dienone is 2. The number of hydrogen-bond acceptors (Lipinski definition) is 1. The molecule has 1 nitrogen and oxygen atoms in total. The van der Waals surface area contributed by atoms with E-state index in [1.54, 1.807) is 0 Å². The molecule has 0 spiro atoms. The summed E-state index contributed by atoms with van der Waals surface area (Å²) in [5, 5.41) is 0. The van der Waals surface area contributed by atoms with Gasteiger partial charge in [-0.25, -0.2) is 0 Å². The molecule has 19 heavy (non-hydrogen) atoms. The highest BCUT2D eigenvalue weighted by Crippen LogP contribution is 2.11. The van der Waals surface area contributed by atoms with Gasteiger partial charge in [0.1, 0.15) is 0 Å². The quantitative estimate of drug-likeness (QED) is 0.473. The van der Waals surface area contributed by atoms with Gasteiger partial charge in [-0.3, -0.25) is 4.99 Å². The Labute approximate surface area is 117 Å². The summed E-state index contributed by atoms with van der Waals surface area (Å²) in [6.45, 7) is 8.25. The van der Waals surface area contributed by atoms with E-state index in [-0.39, 0.29) is 0 Å². The molecule has 0 saturated heterocycles. The summed E-state index contributed by atoms with van der Waals surface area (Å²) in [4.78, 5) is 4.40. The zero-order valence-corrected chi connectivity index (χ0v) is 12.4. The summed E-state index contributed by atoms with van der Waals surface area (Å²) in [6, 6.07) is 8.42. The fourth-order valence-corrected chi connectivity index (χ4v) is 1.90. The van der Waals surface area contributed by atoms with Gasteiger partial charge in [0, 0.05) is 12.8 Å². The van der Waals surface area contributed by atoms with Gasteiger partial charge in [-0.1, -0.05) is 62.9 Å². The third kappa shape index (κ3) is 5.69. The lowest BCUT2D eigenvalue weighted by Crippen LogP contribution is -2.00. The Hall–Kier alpha value is -1.63. The highest BCUT2D eigenvalue weighted by atomic mass is 14.7. The van der Waals surface area contributed by atoms with E-state index in [0.717, 1.165) is 30.7 Å². The Morgan fingerprint density at radius 2 is 1.89 bits per heavy atom. The molecule has 0 aliphatic heterocycles. The van der Waals surface area contributed by atoms with Gasteiger partial charge in [-0.2, -0.15) is 0 Å². The van der Waals surface area contributed by atoms with Crippen LogP contribution < -0.4 is 0 Å². The van der Waals surface area contributed by atoms with E-state index in [1.807, 2.05) is 13.1 Å². The van der Waals surface area contributed by atoms with Gasteiger partial charge in [0.25, 0.3) is 0 Å². The third-order valence-corrected chi connectivity index (χ3v) is 3.07. The third-order valence-electron chi connectivity index (χ3n) is 3.07. The van der Waals surface area contributed by atoms with Crippen LogP contribution in [0.4, 0.5) is 0 Å². The van der Waals surface area contributed by atoms with E-state index in [1.165, 1.54) is 11.3 Å². The van der Waals surface area contributed by atoms with Crippen molar-refractivity contribution in [1.29, 1.82) is 0 Å². The minimum absolute atomic E-state index is 0.738. The van der Waals surface area contributed by atoms with Gasteiger partial charge in [-0.05, 0) is 36.3 Å². The molecular weight excluding hydrogens is 230 g/mol. The van der Waals surface area contributed by atoms with Crippen molar-refractivity contribution >= 4 is 11.8 Å². The van der Waals surface area contributed by atoms with Crippen LogP contribution in [-0.4, -0.2) is 12.8 Å². The molecule has 1 heteroatoms. The van der Waals surface area contributed by atoms with Crippen LogP contribution in [0.15, 0.2) is 48.0 Å². The molecule has 1 aromatic rings. The van der Waals surface area contributed by atoms with Crippen molar-refractivity contribution in [2.75, 3.05) is 7.05 Å². The lowest BCUT2D eigenvalue weighted by molar-refractivity contribution is 0.662. The molecule has 0 fully saturated rings. The second-order valence-corrected chi connectivity index (χ2v) is 5.14. The molecule has 0 aromatic heterocycles. The van der Waals surface area contributed by atoms with Crippen molar-refractivity contribution in [3.05, 3.63) is 54.1 Å². The summed E-state index contributed by atoms with van der Waals surface area (Å²) < 4.78 is 0. The first-order chi connectivity index (χ1) is 9.17. The predicted molar refractivity (Wildman–Crippen MR) is 86.8 cm³/mol. The summed E-state index contributed by atoms with van der Waals surface area (Å²) in [5.74, 6) is 0.738. The van der Waals surface area contributed by atoms with Crippen LogP contribution in [0.1, 0.15) is 44.2 Å². The molecule has 0 radical (unpaired) electrons. The van der Waals surface area contributed by atoms with E-state index in [9.17, 15) is 0 Å². The minimum Gasteiger partial charge on any atom is -0.292 e. The van der Waals surface area contributed by atoms with Crippen LogP contribution >= 0.6 is 0 Å². The van der Waals surface area contributed by atoms with Crippen molar-refractivity contribution in [2.24, 2.45) is 10.9 Å². The number of hydrogen-bond donors (Lipinski definition) is 0. The average molecular weight is 255 g/mol. The van der Waals surface area contributed by atoms with Crippen molar-refractivity contribution in [3.63, 3.8) is 0 Å². The van der Waals surface area contributed by atoms with E-state index < -0.39 is 0 Å². The first-order valence-corrected chi connectivity index (χ1v) is 7.01. The number of aliphatic imine (C=N–C) groups is 1. The maximum absolute atomic E-state index is 4.40. The molecule has 1 aromatic carbocycles. The minimum atomic E-state index is 0.738. The molecule has 1 rings (SSSR count). The van der Waals surface area contributed by atoms with Crippen LogP contribution in [0.25, 0.3) is 6.08 Å². The van der Waals surface area contributed by atoms with Gasteiger partial charge in [0.05, 0.1) is 0 Å². The van der Waals surface area contributed by atoms with E-state index in [4.69, 9.17) is 0 Å². The van der Waals surface area contributed by atoms with Crippen LogP contribution in [0.3, 0.4) is 0 Å². The van der Waals surface area contributed by atoms with Crippen LogP contribution in [-0.2, 0) is 0 Å². The number of rotatable bonds is 7. The predicted octanol–water partition coefficient (Wildman–Crippen LogP) is 5.13. The van der Waals surface area contributed by atoms with E-state index in [0.29, 0.717) is 0 Å². The molecule has 0 atom stereocenters. The topological polar surface area (TPSA) is 12.4 Å². The Balaban J connectivity index is 2.54. The van der Waals surface area contributed by atoms with Gasteiger partial charge >= 0.3 is 0 Å². The molecule has 0 aliphatic carbocycles. The standard InChI is InChI=1S/C18H25N/c1-5-16-11-13-17(14-12-16)18(19-4)10-8-6-7-9-15(2)3/h5-7,11-15H,1,8-10H2,2-4H3/b7-6+,19-18+. The van der Waals surface area contributed by atoms with Gasteiger partial charge in [-0.15, -0.1) is 0 Å². The lowest BCUT2D eigenvalue weighted by Gasteiger charge is -2.05. The molecule has 0 amide bonds. The van der Waals surface area contributed by atoms with Gasteiger partial charge in [0.15, 0.2) is 0 Å².